The summed E-state index contributed by atoms with van der Waals surface area (Å²) < 4.78 is 4.89. The molecular formula is C10H11N5O2S2. The fraction of sp³-hybridized carbons (Fsp3) is 0.300. The van der Waals surface area contributed by atoms with Crippen molar-refractivity contribution in [3.63, 3.8) is 0 Å². The molecule has 0 aliphatic heterocycles. The minimum absolute atomic E-state index is 0.00193. The average Bonchev–Trinajstić information content (AvgIpc) is 2.85. The molecule has 1 N–H and O–H groups in total. The number of nitro groups is 1. The molecule has 2 aromatic rings. The van der Waals surface area contributed by atoms with Gasteiger partial charge in [0.2, 0.25) is 0 Å². The summed E-state index contributed by atoms with van der Waals surface area (Å²) in [7, 11) is 1.67. The second kappa shape index (κ2) is 5.93. The van der Waals surface area contributed by atoms with E-state index in [4.69, 9.17) is 0 Å². The first kappa shape index (κ1) is 13.7. The number of aryl methyl sites for hydroxylation is 1. The predicted molar refractivity (Wildman–Crippen MR) is 73.8 cm³/mol. The van der Waals surface area contributed by atoms with Gasteiger partial charge in [-0.25, -0.2) is 9.97 Å². The van der Waals surface area contributed by atoms with Crippen molar-refractivity contribution in [1.29, 1.82) is 0 Å². The molecule has 0 unspecified atom stereocenters. The quantitative estimate of drug-likeness (QED) is 0.669. The fourth-order valence-electron chi connectivity index (χ4n) is 1.29. The largest absolute Gasteiger partial charge is 0.373 e. The molecular weight excluding hydrogens is 286 g/mol. The highest BCUT2D eigenvalue weighted by Crippen LogP contribution is 2.31. The molecule has 0 saturated heterocycles. The Bertz CT molecular complexity index is 601. The molecule has 9 heteroatoms. The highest BCUT2D eigenvalue weighted by molar-refractivity contribution is 8.00. The first-order valence-corrected chi connectivity index (χ1v) is 7.06. The number of aromatic nitrogens is 3. The van der Waals surface area contributed by atoms with E-state index in [0.29, 0.717) is 10.8 Å². The Hall–Kier alpha value is -1.74. The number of nitrogens with one attached hydrogen (secondary N) is 1. The maximum atomic E-state index is 10.8. The SMILES string of the molecule is CCc1nsc(Sc2cc([N+](=O)[O-])cc(NC)n2)n1. The van der Waals surface area contributed by atoms with E-state index in [1.54, 1.807) is 7.05 Å². The minimum atomic E-state index is -0.440. The molecule has 0 spiro atoms. The highest BCUT2D eigenvalue weighted by Gasteiger charge is 2.13. The summed E-state index contributed by atoms with van der Waals surface area (Å²) in [4.78, 5) is 18.9. The van der Waals surface area contributed by atoms with Gasteiger partial charge in [-0.15, -0.1) is 0 Å². The van der Waals surface area contributed by atoms with E-state index in [9.17, 15) is 10.1 Å². The molecule has 0 bridgehead atoms. The van der Waals surface area contributed by atoms with Gasteiger partial charge in [-0.1, -0.05) is 6.92 Å². The lowest BCUT2D eigenvalue weighted by Gasteiger charge is -2.02. The topological polar surface area (TPSA) is 93.8 Å². The van der Waals surface area contributed by atoms with Gasteiger partial charge < -0.3 is 5.32 Å². The van der Waals surface area contributed by atoms with Crippen molar-refractivity contribution < 1.29 is 4.92 Å². The van der Waals surface area contributed by atoms with Gasteiger partial charge in [0.1, 0.15) is 16.7 Å². The fourth-order valence-corrected chi connectivity index (χ4v) is 2.96. The Balaban J connectivity index is 2.28. The van der Waals surface area contributed by atoms with Crippen LogP contribution in [0.1, 0.15) is 12.7 Å². The number of hydrogen-bond donors (Lipinski definition) is 1. The van der Waals surface area contributed by atoms with Crippen molar-refractivity contribution in [2.24, 2.45) is 0 Å². The van der Waals surface area contributed by atoms with Crippen LogP contribution in [0.25, 0.3) is 0 Å². The number of rotatable bonds is 5. The molecule has 0 saturated carbocycles. The van der Waals surface area contributed by atoms with E-state index in [2.05, 4.69) is 19.7 Å². The van der Waals surface area contributed by atoms with Gasteiger partial charge in [0.15, 0.2) is 4.34 Å². The van der Waals surface area contributed by atoms with Crippen LogP contribution in [-0.2, 0) is 6.42 Å². The Labute approximate surface area is 117 Å². The number of hydrogen-bond acceptors (Lipinski definition) is 8. The van der Waals surface area contributed by atoms with Gasteiger partial charge in [-0.3, -0.25) is 10.1 Å². The molecule has 2 rings (SSSR count). The van der Waals surface area contributed by atoms with Crippen molar-refractivity contribution in [3.8, 4) is 0 Å². The molecule has 2 aromatic heterocycles. The Kier molecular flexibility index (Phi) is 4.27. The molecule has 0 radical (unpaired) electrons. The zero-order chi connectivity index (χ0) is 13.8. The molecule has 0 aromatic carbocycles. The summed E-state index contributed by atoms with van der Waals surface area (Å²) in [5, 5.41) is 14.2. The highest BCUT2D eigenvalue weighted by atomic mass is 32.2. The summed E-state index contributed by atoms with van der Waals surface area (Å²) in [6.07, 6.45) is 0.765. The normalized spacial score (nSPS) is 10.4. The van der Waals surface area contributed by atoms with E-state index < -0.39 is 4.92 Å². The summed E-state index contributed by atoms with van der Waals surface area (Å²) in [6.45, 7) is 1.97. The molecule has 0 atom stereocenters. The van der Waals surface area contributed by atoms with E-state index in [1.165, 1.54) is 35.4 Å². The van der Waals surface area contributed by atoms with Crippen LogP contribution in [0.15, 0.2) is 21.5 Å². The standard InChI is InChI=1S/C10H11N5O2S2/c1-3-7-13-10(19-14-7)18-9-5-6(15(16)17)4-8(11-2)12-9/h4-5H,3H2,1-2H3,(H,11,12). The van der Waals surface area contributed by atoms with Crippen LogP contribution in [0.5, 0.6) is 0 Å². The van der Waals surface area contributed by atoms with Crippen molar-refractivity contribution in [2.75, 3.05) is 12.4 Å². The van der Waals surface area contributed by atoms with Crippen LogP contribution < -0.4 is 5.32 Å². The predicted octanol–water partition coefficient (Wildman–Crippen LogP) is 2.60. The minimum Gasteiger partial charge on any atom is -0.373 e. The van der Waals surface area contributed by atoms with Crippen LogP contribution in [-0.4, -0.2) is 26.3 Å². The molecule has 0 aliphatic rings. The van der Waals surface area contributed by atoms with E-state index in [0.717, 1.165) is 16.6 Å². The van der Waals surface area contributed by atoms with Crippen LogP contribution in [0.2, 0.25) is 0 Å². The third-order valence-electron chi connectivity index (χ3n) is 2.21. The lowest BCUT2D eigenvalue weighted by atomic mass is 10.4. The Morgan fingerprint density at radius 2 is 2.26 bits per heavy atom. The maximum Gasteiger partial charge on any atom is 0.275 e. The zero-order valence-corrected chi connectivity index (χ0v) is 11.9. The van der Waals surface area contributed by atoms with Gasteiger partial charge in [0, 0.05) is 19.5 Å². The number of nitrogens with zero attached hydrogens (tertiary/aromatic N) is 4. The summed E-state index contributed by atoms with van der Waals surface area (Å²) in [5.41, 5.74) is 0.00193. The van der Waals surface area contributed by atoms with Crippen LogP contribution in [0.3, 0.4) is 0 Å². The molecule has 0 fully saturated rings. The first-order chi connectivity index (χ1) is 9.12. The van der Waals surface area contributed by atoms with Crippen molar-refractivity contribution >= 4 is 34.8 Å². The van der Waals surface area contributed by atoms with Gasteiger partial charge in [0.05, 0.1) is 11.0 Å². The van der Waals surface area contributed by atoms with Crippen LogP contribution in [0.4, 0.5) is 11.5 Å². The number of pyridine rings is 1. The van der Waals surface area contributed by atoms with E-state index in [1.807, 2.05) is 6.92 Å². The third-order valence-corrected chi connectivity index (χ3v) is 3.92. The lowest BCUT2D eigenvalue weighted by Crippen LogP contribution is -1.96. The zero-order valence-electron chi connectivity index (χ0n) is 10.3. The Morgan fingerprint density at radius 3 is 2.84 bits per heavy atom. The van der Waals surface area contributed by atoms with Crippen LogP contribution >= 0.6 is 23.3 Å². The maximum absolute atomic E-state index is 10.8. The average molecular weight is 297 g/mol. The monoisotopic (exact) mass is 297 g/mol. The van der Waals surface area contributed by atoms with Gasteiger partial charge >= 0.3 is 0 Å². The van der Waals surface area contributed by atoms with Gasteiger partial charge in [0.25, 0.3) is 5.69 Å². The Morgan fingerprint density at radius 1 is 1.47 bits per heavy atom. The third kappa shape index (κ3) is 3.38. The molecule has 0 amide bonds. The van der Waals surface area contributed by atoms with Crippen molar-refractivity contribution in [2.45, 2.75) is 22.7 Å². The number of anilines is 1. The summed E-state index contributed by atoms with van der Waals surface area (Å²) in [5.74, 6) is 1.23. The second-order valence-electron chi connectivity index (χ2n) is 3.49. The smallest absolute Gasteiger partial charge is 0.275 e. The molecule has 7 nitrogen and oxygen atoms in total. The summed E-state index contributed by atoms with van der Waals surface area (Å²) >= 11 is 2.54. The summed E-state index contributed by atoms with van der Waals surface area (Å²) in [6, 6.07) is 2.82. The van der Waals surface area contributed by atoms with Crippen molar-refractivity contribution in [3.05, 3.63) is 28.1 Å². The molecule has 2 heterocycles. The molecule has 100 valence electrons. The first-order valence-electron chi connectivity index (χ1n) is 5.47. The van der Waals surface area contributed by atoms with Crippen LogP contribution in [0, 0.1) is 10.1 Å². The molecule has 0 aliphatic carbocycles. The van der Waals surface area contributed by atoms with Crippen molar-refractivity contribution in [1.82, 2.24) is 14.3 Å². The second-order valence-corrected chi connectivity index (χ2v) is 5.51. The van der Waals surface area contributed by atoms with E-state index in [-0.39, 0.29) is 5.69 Å². The van der Waals surface area contributed by atoms with E-state index >= 15 is 0 Å². The van der Waals surface area contributed by atoms with Gasteiger partial charge in [-0.05, 0) is 23.3 Å². The lowest BCUT2D eigenvalue weighted by molar-refractivity contribution is -0.385. The molecule has 19 heavy (non-hydrogen) atoms. The van der Waals surface area contributed by atoms with Gasteiger partial charge in [-0.2, -0.15) is 4.37 Å².